The molecule has 1 amide bonds. The van der Waals surface area contributed by atoms with Gasteiger partial charge in [-0.15, -0.1) is 0 Å². The molecule has 1 rings (SSSR count). The predicted molar refractivity (Wildman–Crippen MR) is 350 cm³/mol. The SMILES string of the molecule is CCCCCCC/C=C\C/C=C\C/C=C\CCCCCCCCCCCCCCCCCCCCCCCCCCC(=O)NC(COC1OC(CO)C(O)C(O)C1O)C(O)/C=C/CC/C=C/CCCCCCCCCCCCCCCC. The Bertz CT molecular complexity index is 1480. The van der Waals surface area contributed by atoms with Gasteiger partial charge in [-0.2, -0.15) is 0 Å². The summed E-state index contributed by atoms with van der Waals surface area (Å²) in [5.74, 6) is -0.181. The fourth-order valence-corrected chi connectivity index (χ4v) is 11.2. The number of rotatable bonds is 62. The number of hydrogen-bond acceptors (Lipinski definition) is 8. The van der Waals surface area contributed by atoms with Crippen LogP contribution in [0, 0.1) is 0 Å². The molecule has 0 aromatic carbocycles. The number of aliphatic hydroxyl groups is 5. The third-order valence-electron chi connectivity index (χ3n) is 16.8. The summed E-state index contributed by atoms with van der Waals surface area (Å²) in [6.45, 7) is 3.79. The molecule has 480 valence electrons. The van der Waals surface area contributed by atoms with Crippen molar-refractivity contribution in [1.29, 1.82) is 0 Å². The van der Waals surface area contributed by atoms with E-state index in [4.69, 9.17) is 9.47 Å². The molecule has 1 fully saturated rings. The third-order valence-corrected chi connectivity index (χ3v) is 16.8. The monoisotopic (exact) mass is 1150 g/mol. The number of amides is 1. The van der Waals surface area contributed by atoms with Crippen LogP contribution >= 0.6 is 0 Å². The molecule has 7 unspecified atom stereocenters. The molecule has 7 atom stereocenters. The highest BCUT2D eigenvalue weighted by molar-refractivity contribution is 5.76. The van der Waals surface area contributed by atoms with E-state index < -0.39 is 49.5 Å². The molecule has 1 aliphatic heterocycles. The Balaban J connectivity index is 2.08. The first-order chi connectivity index (χ1) is 40.3. The molecule has 0 aromatic rings. The molecule has 0 aliphatic carbocycles. The fraction of sp³-hybridized carbons (Fsp3) is 0.849. The summed E-state index contributed by atoms with van der Waals surface area (Å²) >= 11 is 0. The summed E-state index contributed by atoms with van der Waals surface area (Å²) in [6, 6.07) is -0.822. The van der Waals surface area contributed by atoms with Crippen molar-refractivity contribution in [2.24, 2.45) is 0 Å². The van der Waals surface area contributed by atoms with Crippen LogP contribution in [0.5, 0.6) is 0 Å². The summed E-state index contributed by atoms with van der Waals surface area (Å²) in [7, 11) is 0. The van der Waals surface area contributed by atoms with Crippen LogP contribution in [0.15, 0.2) is 60.8 Å². The van der Waals surface area contributed by atoms with E-state index in [0.717, 1.165) is 51.4 Å². The molecule has 9 heteroatoms. The van der Waals surface area contributed by atoms with Crippen molar-refractivity contribution >= 4 is 5.91 Å². The molecule has 0 bridgehead atoms. The van der Waals surface area contributed by atoms with Crippen molar-refractivity contribution < 1.29 is 39.8 Å². The molecule has 82 heavy (non-hydrogen) atoms. The van der Waals surface area contributed by atoms with Gasteiger partial charge in [-0.3, -0.25) is 4.79 Å². The maximum atomic E-state index is 13.1. The summed E-state index contributed by atoms with van der Waals surface area (Å²) in [5, 5.41) is 54.7. The summed E-state index contributed by atoms with van der Waals surface area (Å²) in [4.78, 5) is 13.1. The van der Waals surface area contributed by atoms with Crippen LogP contribution in [0.25, 0.3) is 0 Å². The smallest absolute Gasteiger partial charge is 0.220 e. The maximum Gasteiger partial charge on any atom is 0.220 e. The van der Waals surface area contributed by atoms with Gasteiger partial charge in [0, 0.05) is 6.42 Å². The van der Waals surface area contributed by atoms with E-state index in [-0.39, 0.29) is 12.5 Å². The predicted octanol–water partition coefficient (Wildman–Crippen LogP) is 19.4. The Hall–Kier alpha value is -2.11. The number of nitrogens with one attached hydrogen (secondary N) is 1. The van der Waals surface area contributed by atoms with Crippen LogP contribution in [0.3, 0.4) is 0 Å². The van der Waals surface area contributed by atoms with Gasteiger partial charge in [0.15, 0.2) is 6.29 Å². The van der Waals surface area contributed by atoms with Gasteiger partial charge in [0.2, 0.25) is 5.91 Å². The zero-order valence-corrected chi connectivity index (χ0v) is 53.8. The van der Waals surface area contributed by atoms with Crippen molar-refractivity contribution in [2.45, 2.75) is 384 Å². The number of carbonyl (C=O) groups excluding carboxylic acids is 1. The lowest BCUT2D eigenvalue weighted by atomic mass is 9.99. The van der Waals surface area contributed by atoms with E-state index in [1.54, 1.807) is 6.08 Å². The Kier molecular flexibility index (Phi) is 58.9. The van der Waals surface area contributed by atoms with Gasteiger partial charge in [0.25, 0.3) is 0 Å². The lowest BCUT2D eigenvalue weighted by molar-refractivity contribution is -0.302. The molecule has 1 heterocycles. The molecule has 6 N–H and O–H groups in total. The minimum atomic E-state index is -1.57. The first kappa shape index (κ1) is 77.9. The van der Waals surface area contributed by atoms with E-state index in [0.29, 0.717) is 6.42 Å². The van der Waals surface area contributed by atoms with E-state index in [9.17, 15) is 30.3 Å². The molecule has 0 radical (unpaired) electrons. The van der Waals surface area contributed by atoms with Crippen molar-refractivity contribution in [2.75, 3.05) is 13.2 Å². The fourth-order valence-electron chi connectivity index (χ4n) is 11.2. The average Bonchev–Trinajstić information content (AvgIpc) is 3.52. The van der Waals surface area contributed by atoms with Crippen LogP contribution in [-0.2, 0) is 14.3 Å². The van der Waals surface area contributed by atoms with Crippen molar-refractivity contribution in [3.63, 3.8) is 0 Å². The van der Waals surface area contributed by atoms with Crippen molar-refractivity contribution in [1.82, 2.24) is 5.32 Å². The highest BCUT2D eigenvalue weighted by Gasteiger charge is 2.44. The van der Waals surface area contributed by atoms with Crippen LogP contribution in [0.2, 0.25) is 0 Å². The molecule has 0 spiro atoms. The quantitative estimate of drug-likeness (QED) is 0.0261. The number of ether oxygens (including phenoxy) is 2. The zero-order chi connectivity index (χ0) is 59.3. The van der Waals surface area contributed by atoms with Crippen LogP contribution in [0.1, 0.15) is 341 Å². The average molecular weight is 1150 g/mol. The first-order valence-corrected chi connectivity index (χ1v) is 35.5. The third kappa shape index (κ3) is 50.1. The lowest BCUT2D eigenvalue weighted by Crippen LogP contribution is -2.60. The van der Waals surface area contributed by atoms with Gasteiger partial charge in [0.1, 0.15) is 24.4 Å². The minimum absolute atomic E-state index is 0.181. The molecule has 9 nitrogen and oxygen atoms in total. The van der Waals surface area contributed by atoms with E-state index >= 15 is 0 Å². The molecule has 0 aromatic heterocycles. The van der Waals surface area contributed by atoms with Gasteiger partial charge in [-0.25, -0.2) is 0 Å². The second-order valence-electron chi connectivity index (χ2n) is 24.7. The largest absolute Gasteiger partial charge is 0.394 e. The van der Waals surface area contributed by atoms with Gasteiger partial charge in [0.05, 0.1) is 25.4 Å². The van der Waals surface area contributed by atoms with Crippen molar-refractivity contribution in [3.05, 3.63) is 60.8 Å². The summed E-state index contributed by atoms with van der Waals surface area (Å²) in [6.07, 6.45) is 79.1. The summed E-state index contributed by atoms with van der Waals surface area (Å²) in [5.41, 5.74) is 0. The molecule has 1 saturated heterocycles. The first-order valence-electron chi connectivity index (χ1n) is 35.5. The van der Waals surface area contributed by atoms with Crippen LogP contribution in [-0.4, -0.2) is 87.5 Å². The molecule has 1 aliphatic rings. The van der Waals surface area contributed by atoms with E-state index in [1.165, 1.54) is 270 Å². The molecular formula is C73H135NO8. The minimum Gasteiger partial charge on any atom is -0.394 e. The topological polar surface area (TPSA) is 149 Å². The lowest BCUT2D eigenvalue weighted by Gasteiger charge is -2.40. The zero-order valence-electron chi connectivity index (χ0n) is 53.8. The van der Waals surface area contributed by atoms with Gasteiger partial charge >= 0.3 is 0 Å². The molecule has 0 saturated carbocycles. The molecular weight excluding hydrogens is 1020 g/mol. The second kappa shape index (κ2) is 62.0. The van der Waals surface area contributed by atoms with E-state index in [2.05, 4.69) is 67.8 Å². The highest BCUT2D eigenvalue weighted by atomic mass is 16.7. The van der Waals surface area contributed by atoms with Gasteiger partial charge in [-0.1, -0.05) is 325 Å². The summed E-state index contributed by atoms with van der Waals surface area (Å²) < 4.78 is 11.3. The number of allylic oxidation sites excluding steroid dienone is 9. The van der Waals surface area contributed by atoms with Crippen LogP contribution < -0.4 is 5.32 Å². The standard InChI is InChI=1S/C73H135NO8/c1-3-5-7-9-11-13-15-17-19-21-23-25-26-27-28-29-30-31-32-33-34-35-36-37-38-39-40-41-42-43-45-47-49-51-53-55-57-59-61-63-69(77)74-66(65-81-73-72(80)71(79)70(78)68(64-75)82-73)67(76)62-60-58-56-54-52-50-48-46-44-24-22-20-18-16-14-12-10-8-6-4-2/h15,17,21,23,26-27,52,54,60,62,66-68,70-73,75-76,78-80H,3-14,16,18-20,22,24-25,28-51,53,55-59,61,63-65H2,1-2H3,(H,74,77)/b17-15-,23-21-,27-26-,54-52+,62-60+. The van der Waals surface area contributed by atoms with Crippen molar-refractivity contribution in [3.8, 4) is 0 Å². The number of aliphatic hydroxyl groups excluding tert-OH is 5. The van der Waals surface area contributed by atoms with Gasteiger partial charge < -0.3 is 40.3 Å². The normalized spacial score (nSPS) is 18.6. The Morgan fingerprint density at radius 1 is 0.415 bits per heavy atom. The number of hydrogen-bond donors (Lipinski definition) is 6. The highest BCUT2D eigenvalue weighted by Crippen LogP contribution is 2.23. The van der Waals surface area contributed by atoms with Gasteiger partial charge in [-0.05, 0) is 70.6 Å². The van der Waals surface area contributed by atoms with Crippen LogP contribution in [0.4, 0.5) is 0 Å². The second-order valence-corrected chi connectivity index (χ2v) is 24.7. The Morgan fingerprint density at radius 3 is 1.11 bits per heavy atom. The maximum absolute atomic E-state index is 13.1. The Labute approximate surface area is 506 Å². The number of carbonyl (C=O) groups is 1. The number of unbranched alkanes of at least 4 members (excludes halogenated alkanes) is 44. The Morgan fingerprint density at radius 2 is 0.732 bits per heavy atom. The van der Waals surface area contributed by atoms with E-state index in [1.807, 2.05) is 6.08 Å².